The summed E-state index contributed by atoms with van der Waals surface area (Å²) in [7, 11) is 0. The van der Waals surface area contributed by atoms with Gasteiger partial charge in [0.15, 0.2) is 5.15 Å². The van der Waals surface area contributed by atoms with Gasteiger partial charge in [-0.3, -0.25) is 4.79 Å². The first-order valence-electron chi connectivity index (χ1n) is 9.47. The highest BCUT2D eigenvalue weighted by Gasteiger charge is 2.62. The van der Waals surface area contributed by atoms with Gasteiger partial charge in [0, 0.05) is 12.1 Å². The van der Waals surface area contributed by atoms with Gasteiger partial charge in [0.05, 0.1) is 29.8 Å². The number of carbonyl (C=O) groups is 3. The van der Waals surface area contributed by atoms with E-state index in [0.717, 1.165) is 6.42 Å². The highest BCUT2D eigenvalue weighted by molar-refractivity contribution is 6.32. The summed E-state index contributed by atoms with van der Waals surface area (Å²) in [4.78, 5) is 42.2. The summed E-state index contributed by atoms with van der Waals surface area (Å²) in [6.45, 7) is 1.54. The monoisotopic (exact) mass is 420 g/mol. The first kappa shape index (κ1) is 19.7. The van der Waals surface area contributed by atoms with E-state index in [1.165, 1.54) is 11.1 Å². The van der Waals surface area contributed by atoms with Gasteiger partial charge < -0.3 is 25.7 Å². The second kappa shape index (κ2) is 7.31. The van der Waals surface area contributed by atoms with Crippen LogP contribution in [0.1, 0.15) is 26.2 Å². The summed E-state index contributed by atoms with van der Waals surface area (Å²) in [5.41, 5.74) is 0.829. The van der Waals surface area contributed by atoms with E-state index in [9.17, 15) is 24.6 Å². The lowest BCUT2D eigenvalue weighted by molar-refractivity contribution is -0.163. The summed E-state index contributed by atoms with van der Waals surface area (Å²) < 4.78 is 0. The zero-order valence-electron chi connectivity index (χ0n) is 15.6. The molecule has 4 N–H and O–H groups in total. The fraction of sp³-hybridized carbons (Fsp3) is 0.474. The van der Waals surface area contributed by atoms with Gasteiger partial charge in [-0.05, 0) is 37.5 Å². The number of urea groups is 1. The van der Waals surface area contributed by atoms with E-state index in [4.69, 9.17) is 11.6 Å². The third-order valence-corrected chi connectivity index (χ3v) is 6.23. The molecule has 2 fully saturated rings. The molecule has 0 spiro atoms. The van der Waals surface area contributed by atoms with Gasteiger partial charge in [-0.1, -0.05) is 18.0 Å². The first-order valence-corrected chi connectivity index (χ1v) is 9.85. The number of anilines is 1. The topological polar surface area (TPSA) is 132 Å². The average molecular weight is 421 g/mol. The number of amides is 3. The summed E-state index contributed by atoms with van der Waals surface area (Å²) in [5.74, 6) is -2.39. The van der Waals surface area contributed by atoms with Crippen molar-refractivity contribution in [3.05, 3.63) is 34.8 Å². The third-order valence-electron chi connectivity index (χ3n) is 5.93. The molecule has 29 heavy (non-hydrogen) atoms. The van der Waals surface area contributed by atoms with Gasteiger partial charge in [0.1, 0.15) is 5.70 Å². The van der Waals surface area contributed by atoms with Crippen LogP contribution in [-0.2, 0) is 9.59 Å². The molecule has 5 atom stereocenters. The number of carbonyl (C=O) groups excluding carboxylic acids is 2. The molecule has 1 aromatic rings. The van der Waals surface area contributed by atoms with Crippen molar-refractivity contribution in [1.82, 2.24) is 15.2 Å². The Balaban J connectivity index is 1.59. The number of aromatic nitrogens is 1. The fourth-order valence-electron chi connectivity index (χ4n) is 4.83. The van der Waals surface area contributed by atoms with Crippen molar-refractivity contribution in [2.75, 3.05) is 5.32 Å². The van der Waals surface area contributed by atoms with E-state index < -0.39 is 30.1 Å². The molecule has 1 aliphatic carbocycles. The molecule has 2 aliphatic heterocycles. The van der Waals surface area contributed by atoms with E-state index in [2.05, 4.69) is 15.6 Å². The molecule has 0 radical (unpaired) electrons. The number of nitrogens with one attached hydrogen (secondary N) is 2. The number of fused-ring (bicyclic) bond motifs is 3. The zero-order valence-corrected chi connectivity index (χ0v) is 16.4. The molecule has 4 rings (SSSR count). The van der Waals surface area contributed by atoms with E-state index in [1.807, 2.05) is 0 Å². The molecule has 0 bridgehead atoms. The Hall–Kier alpha value is -2.65. The van der Waals surface area contributed by atoms with Crippen LogP contribution in [0.2, 0.25) is 5.15 Å². The number of β-lactam (4-membered cyclic amide) rings is 1. The lowest BCUT2D eigenvalue weighted by atomic mass is 9.71. The Morgan fingerprint density at radius 2 is 2.14 bits per heavy atom. The number of carboxylic acid groups (broad SMARTS) is 1. The zero-order chi connectivity index (χ0) is 20.9. The number of aliphatic hydroxyl groups excluding tert-OH is 1. The van der Waals surface area contributed by atoms with Crippen LogP contribution in [0.5, 0.6) is 0 Å². The number of aliphatic hydroxyl groups is 1. The van der Waals surface area contributed by atoms with Crippen molar-refractivity contribution in [3.63, 3.8) is 0 Å². The Morgan fingerprint density at radius 3 is 2.79 bits per heavy atom. The molecule has 0 aromatic carbocycles. The van der Waals surface area contributed by atoms with Gasteiger partial charge in [-0.15, -0.1) is 0 Å². The van der Waals surface area contributed by atoms with Crippen molar-refractivity contribution in [3.8, 4) is 0 Å². The van der Waals surface area contributed by atoms with Crippen molar-refractivity contribution in [2.24, 2.45) is 11.8 Å². The predicted octanol–water partition coefficient (Wildman–Crippen LogP) is 1.59. The normalized spacial score (nSPS) is 28.9. The van der Waals surface area contributed by atoms with Crippen molar-refractivity contribution in [2.45, 2.75) is 44.4 Å². The SMILES string of the molecule is CC(O)[C@H]1C(=O)N2C(C(=O)O)=C3[C@@H](NC(=O)Nc4cccnc4Cl)CCC[C@@H]3[C@H]12. The van der Waals surface area contributed by atoms with Crippen molar-refractivity contribution >= 4 is 35.2 Å². The highest BCUT2D eigenvalue weighted by atomic mass is 35.5. The minimum absolute atomic E-state index is 0.0636. The number of nitrogens with zero attached hydrogens (tertiary/aromatic N) is 2. The minimum Gasteiger partial charge on any atom is -0.477 e. The minimum atomic E-state index is -1.20. The maximum absolute atomic E-state index is 12.5. The summed E-state index contributed by atoms with van der Waals surface area (Å²) >= 11 is 5.96. The molecule has 10 heteroatoms. The van der Waals surface area contributed by atoms with Gasteiger partial charge in [0.2, 0.25) is 5.91 Å². The fourth-order valence-corrected chi connectivity index (χ4v) is 5.00. The van der Waals surface area contributed by atoms with Crippen LogP contribution in [0, 0.1) is 11.8 Å². The molecule has 154 valence electrons. The lowest BCUT2D eigenvalue weighted by Gasteiger charge is -2.47. The molecule has 3 heterocycles. The van der Waals surface area contributed by atoms with Crippen LogP contribution in [0.3, 0.4) is 0 Å². The maximum Gasteiger partial charge on any atom is 0.352 e. The Kier molecular flexibility index (Phi) is 4.95. The molecule has 1 aromatic heterocycles. The van der Waals surface area contributed by atoms with Crippen LogP contribution >= 0.6 is 11.6 Å². The molecule has 3 amide bonds. The average Bonchev–Trinajstić information content (AvgIpc) is 2.95. The largest absolute Gasteiger partial charge is 0.477 e. The van der Waals surface area contributed by atoms with E-state index in [1.54, 1.807) is 19.1 Å². The number of rotatable bonds is 4. The van der Waals surface area contributed by atoms with Crippen LogP contribution in [0.25, 0.3) is 0 Å². The Labute approximate surface area is 171 Å². The van der Waals surface area contributed by atoms with Crippen LogP contribution < -0.4 is 10.6 Å². The highest BCUT2D eigenvalue weighted by Crippen LogP contribution is 2.52. The van der Waals surface area contributed by atoms with E-state index in [-0.39, 0.29) is 28.7 Å². The quantitative estimate of drug-likeness (QED) is 0.432. The third kappa shape index (κ3) is 3.14. The van der Waals surface area contributed by atoms with Crippen molar-refractivity contribution in [1.29, 1.82) is 0 Å². The molecule has 1 unspecified atom stereocenters. The van der Waals surface area contributed by atoms with E-state index in [0.29, 0.717) is 24.1 Å². The van der Waals surface area contributed by atoms with Crippen LogP contribution in [0.4, 0.5) is 10.5 Å². The second-order valence-corrected chi connectivity index (χ2v) is 7.96. The predicted molar refractivity (Wildman–Crippen MR) is 103 cm³/mol. The number of hydrogen-bond acceptors (Lipinski definition) is 5. The van der Waals surface area contributed by atoms with Gasteiger partial charge in [-0.2, -0.15) is 0 Å². The smallest absolute Gasteiger partial charge is 0.352 e. The van der Waals surface area contributed by atoms with Gasteiger partial charge in [-0.25, -0.2) is 14.6 Å². The Bertz CT molecular complexity index is 918. The molecular weight excluding hydrogens is 400 g/mol. The number of halogens is 1. The maximum atomic E-state index is 12.5. The van der Waals surface area contributed by atoms with Crippen LogP contribution in [-0.4, -0.2) is 56.2 Å². The van der Waals surface area contributed by atoms with Gasteiger partial charge >= 0.3 is 12.0 Å². The standard InChI is InChI=1S/C19H21ClN4O5/c1-8(25)12-14-9-4-2-5-10(13(9)15(18(27)28)24(14)17(12)26)22-19(29)23-11-6-3-7-21-16(11)20/h3,6-10,12,14,25H,2,4-5H2,1H3,(H,27,28)(H2,22,23,29)/t8?,9-,10-,12+,14+/m0/s1. The van der Waals surface area contributed by atoms with Crippen molar-refractivity contribution < 1.29 is 24.6 Å². The molecule has 3 aliphatic rings. The summed E-state index contributed by atoms with van der Waals surface area (Å²) in [6.07, 6.45) is 2.68. The van der Waals surface area contributed by atoms with Gasteiger partial charge in [0.25, 0.3) is 0 Å². The number of aliphatic carboxylic acids is 1. The first-order chi connectivity index (χ1) is 13.8. The number of pyridine rings is 1. The lowest BCUT2D eigenvalue weighted by Crippen LogP contribution is -2.64. The molecular formula is C19H21ClN4O5. The van der Waals surface area contributed by atoms with Crippen LogP contribution in [0.15, 0.2) is 29.6 Å². The second-order valence-electron chi connectivity index (χ2n) is 7.60. The molecule has 9 nitrogen and oxygen atoms in total. The molecule has 1 saturated carbocycles. The van der Waals surface area contributed by atoms with E-state index >= 15 is 0 Å². The number of hydrogen-bond donors (Lipinski definition) is 4. The molecule has 1 saturated heterocycles. The Morgan fingerprint density at radius 1 is 1.38 bits per heavy atom. The summed E-state index contributed by atoms with van der Waals surface area (Å²) in [5, 5.41) is 25.4. The summed E-state index contributed by atoms with van der Waals surface area (Å²) in [6, 6.07) is 1.81. The number of carboxylic acids is 1.